The van der Waals surface area contributed by atoms with E-state index < -0.39 is 45.9 Å². The number of imidazole rings is 1. The van der Waals surface area contributed by atoms with Gasteiger partial charge in [0, 0.05) is 0 Å². The topological polar surface area (TPSA) is 285 Å². The van der Waals surface area contributed by atoms with E-state index in [4.69, 9.17) is 36.2 Å². The van der Waals surface area contributed by atoms with Gasteiger partial charge in [0.2, 0.25) is 5.85 Å². The van der Waals surface area contributed by atoms with Crippen molar-refractivity contribution in [3.63, 3.8) is 0 Å². The van der Waals surface area contributed by atoms with Crippen molar-refractivity contribution in [1.29, 1.82) is 0 Å². The van der Waals surface area contributed by atoms with E-state index in [0.717, 1.165) is 17.2 Å². The highest BCUT2D eigenvalue weighted by atomic mass is 31.2. The fraction of sp³-hybridized carbons (Fsp3) is 0.688. The summed E-state index contributed by atoms with van der Waals surface area (Å²) in [5, 5.41) is 11.2. The van der Waals surface area contributed by atoms with Gasteiger partial charge >= 0.3 is 15.6 Å². The lowest BCUT2D eigenvalue weighted by Crippen LogP contribution is -2.63. The van der Waals surface area contributed by atoms with Crippen molar-refractivity contribution in [3.05, 3.63) is 12.7 Å². The van der Waals surface area contributed by atoms with E-state index in [1.54, 1.807) is 0 Å². The monoisotopic (exact) mass is 541 g/mol. The molecule has 0 aliphatic carbocycles. The molecule has 1 aliphatic rings. The van der Waals surface area contributed by atoms with Crippen molar-refractivity contribution >= 4 is 32.6 Å². The maximum atomic E-state index is 12.1. The summed E-state index contributed by atoms with van der Waals surface area (Å²) in [7, 11) is -10.3. The molecule has 0 saturated carbocycles. The van der Waals surface area contributed by atoms with E-state index in [0.29, 0.717) is 25.8 Å². The summed E-state index contributed by atoms with van der Waals surface area (Å²) in [6.45, 7) is -0.436. The molecule has 17 nitrogen and oxygen atoms in total. The normalized spacial score (nSPS) is 27.6. The number of aliphatic hydroxyl groups is 1. The van der Waals surface area contributed by atoms with E-state index >= 15 is 0 Å². The Bertz CT molecular complexity index is 1130. The number of nitrogen functional groups attached to an aromatic ring is 1. The number of anilines is 1. The number of fused-ring (bicyclic) bond motifs is 1. The first-order valence-electron chi connectivity index (χ1n) is 10.5. The van der Waals surface area contributed by atoms with Crippen LogP contribution >= 0.6 is 15.6 Å². The second-order valence-corrected chi connectivity index (χ2v) is 10.5. The number of aromatic nitrogens is 4. The standard InChI is InChI=1S/C16H29N7O10P2/c17-6-4-2-1-3-5-15(33-35(28,29)30)12(24)10(7-31-34(25,26)27)32-16(15,19)23-9-22-11-13(18)20-8-21-14(11)23/h8-10,12,24H,1-7,17,19H2,(H2,18,20,21)(H2,25,26,27)(H2,28,29,30)/t10-,12-,15-,16+/m1/s1. The summed E-state index contributed by atoms with van der Waals surface area (Å²) >= 11 is 0. The predicted molar refractivity (Wildman–Crippen MR) is 119 cm³/mol. The Balaban J connectivity index is 2.13. The molecule has 2 aromatic rings. The molecule has 2 aromatic heterocycles. The molecule has 1 aliphatic heterocycles. The molecule has 1 fully saturated rings. The van der Waals surface area contributed by atoms with Crippen molar-refractivity contribution in [2.75, 3.05) is 18.9 Å². The van der Waals surface area contributed by atoms with Crippen LogP contribution in [0.3, 0.4) is 0 Å². The van der Waals surface area contributed by atoms with Gasteiger partial charge in [-0.15, -0.1) is 0 Å². The summed E-state index contributed by atoms with van der Waals surface area (Å²) in [5.41, 5.74) is 15.7. The largest absolute Gasteiger partial charge is 0.470 e. The van der Waals surface area contributed by atoms with Crippen LogP contribution in [0.2, 0.25) is 0 Å². The van der Waals surface area contributed by atoms with Crippen LogP contribution in [-0.2, 0) is 28.8 Å². The Labute approximate surface area is 199 Å². The summed E-state index contributed by atoms with van der Waals surface area (Å²) in [5.74, 6) is -2.42. The molecule has 1 saturated heterocycles. The lowest BCUT2D eigenvalue weighted by molar-refractivity contribution is -0.188. The molecular weight excluding hydrogens is 512 g/mol. The van der Waals surface area contributed by atoms with Crippen LogP contribution in [0.4, 0.5) is 5.82 Å². The van der Waals surface area contributed by atoms with E-state index in [2.05, 4.69) is 19.5 Å². The highest BCUT2D eigenvalue weighted by molar-refractivity contribution is 7.46. The quantitative estimate of drug-likeness (QED) is 0.113. The average Bonchev–Trinajstić information content (AvgIpc) is 3.26. The van der Waals surface area contributed by atoms with E-state index in [1.165, 1.54) is 0 Å². The van der Waals surface area contributed by atoms with Crippen molar-refractivity contribution in [2.45, 2.75) is 55.8 Å². The van der Waals surface area contributed by atoms with E-state index in [9.17, 15) is 24.0 Å². The van der Waals surface area contributed by atoms with Gasteiger partial charge < -0.3 is 40.9 Å². The van der Waals surface area contributed by atoms with Gasteiger partial charge in [0.15, 0.2) is 17.1 Å². The third-order valence-corrected chi connectivity index (χ3v) is 6.73. The van der Waals surface area contributed by atoms with Crippen LogP contribution < -0.4 is 17.2 Å². The number of nitrogens with zero attached hydrogens (tertiary/aromatic N) is 4. The molecule has 198 valence electrons. The second-order valence-electron chi connectivity index (χ2n) is 8.05. The average molecular weight is 541 g/mol. The number of hydrogen-bond acceptors (Lipinski definition) is 12. The molecule has 3 heterocycles. The molecule has 0 radical (unpaired) electrons. The zero-order chi connectivity index (χ0) is 26.1. The molecular formula is C16H29N7O10P2. The summed E-state index contributed by atoms with van der Waals surface area (Å²) < 4.78 is 39.8. The summed E-state index contributed by atoms with van der Waals surface area (Å²) in [6.07, 6.45) is 0.633. The molecule has 0 amide bonds. The molecule has 11 N–H and O–H groups in total. The molecule has 0 spiro atoms. The van der Waals surface area contributed by atoms with Gasteiger partial charge in [-0.1, -0.05) is 19.3 Å². The second kappa shape index (κ2) is 10.4. The number of unbranched alkanes of at least 4 members (excludes halogenated alkanes) is 3. The van der Waals surface area contributed by atoms with Crippen molar-refractivity contribution in [2.24, 2.45) is 11.5 Å². The first kappa shape index (κ1) is 28.0. The van der Waals surface area contributed by atoms with Gasteiger partial charge in [-0.2, -0.15) is 0 Å². The lowest BCUT2D eigenvalue weighted by atomic mass is 9.85. The van der Waals surface area contributed by atoms with Crippen molar-refractivity contribution in [1.82, 2.24) is 19.5 Å². The van der Waals surface area contributed by atoms with Crippen molar-refractivity contribution < 1.29 is 47.6 Å². The number of phosphoric ester groups is 2. The van der Waals surface area contributed by atoms with Crippen LogP contribution in [0.15, 0.2) is 12.7 Å². The van der Waals surface area contributed by atoms with E-state index in [-0.39, 0.29) is 29.8 Å². The lowest BCUT2D eigenvalue weighted by Gasteiger charge is -2.42. The zero-order valence-electron chi connectivity index (χ0n) is 18.5. The van der Waals surface area contributed by atoms with E-state index in [1.807, 2.05) is 0 Å². The Kier molecular flexibility index (Phi) is 8.33. The molecule has 4 atom stereocenters. The van der Waals surface area contributed by atoms with Gasteiger partial charge in [-0.25, -0.2) is 24.1 Å². The number of rotatable bonds is 12. The number of aliphatic hydroxyl groups excluding tert-OH is 1. The summed E-state index contributed by atoms with van der Waals surface area (Å²) in [4.78, 5) is 49.7. The van der Waals surface area contributed by atoms with Crippen LogP contribution in [0.5, 0.6) is 0 Å². The van der Waals surface area contributed by atoms with Gasteiger partial charge in [0.25, 0.3) is 0 Å². The minimum absolute atomic E-state index is 0.00873. The number of hydrogen-bond donors (Lipinski definition) is 8. The molecule has 0 aromatic carbocycles. The highest BCUT2D eigenvalue weighted by Gasteiger charge is 2.68. The van der Waals surface area contributed by atoms with Crippen molar-refractivity contribution in [3.8, 4) is 0 Å². The smallest absolute Gasteiger partial charge is 0.387 e. The molecule has 0 bridgehead atoms. The van der Waals surface area contributed by atoms with Gasteiger partial charge in [0.05, 0.1) is 6.61 Å². The molecule has 3 rings (SSSR count). The first-order valence-corrected chi connectivity index (χ1v) is 13.6. The maximum absolute atomic E-state index is 12.1. The third-order valence-electron chi connectivity index (χ3n) is 5.68. The first-order chi connectivity index (χ1) is 16.2. The molecule has 0 unspecified atom stereocenters. The number of ether oxygens (including phenoxy) is 1. The molecule has 35 heavy (non-hydrogen) atoms. The Morgan fingerprint density at radius 1 is 1.09 bits per heavy atom. The fourth-order valence-electron chi connectivity index (χ4n) is 4.15. The zero-order valence-corrected chi connectivity index (χ0v) is 20.2. The maximum Gasteiger partial charge on any atom is 0.470 e. The van der Waals surface area contributed by atoms with Gasteiger partial charge in [-0.05, 0) is 19.4 Å². The Hall–Kier alpha value is -1.59. The third kappa shape index (κ3) is 5.88. The highest BCUT2D eigenvalue weighted by Crippen LogP contribution is 2.55. The molecule has 19 heteroatoms. The van der Waals surface area contributed by atoms with Crippen LogP contribution in [0.1, 0.15) is 32.1 Å². The van der Waals surface area contributed by atoms with Crippen LogP contribution in [0, 0.1) is 0 Å². The fourth-order valence-corrected chi connectivity index (χ4v) is 5.24. The Morgan fingerprint density at radius 3 is 2.40 bits per heavy atom. The minimum atomic E-state index is -5.33. The number of phosphoric acid groups is 2. The van der Waals surface area contributed by atoms with Gasteiger partial charge in [-0.3, -0.25) is 19.3 Å². The minimum Gasteiger partial charge on any atom is -0.387 e. The summed E-state index contributed by atoms with van der Waals surface area (Å²) in [6, 6.07) is 0. The van der Waals surface area contributed by atoms with Gasteiger partial charge in [0.1, 0.15) is 30.4 Å². The Morgan fingerprint density at radius 2 is 1.77 bits per heavy atom. The SMILES string of the molecule is NCCCCCC[C@@]1(OP(=O)(O)O)[C@H](O)[C@@H](COP(=O)(O)O)O[C@@]1(N)n1cnc2c(N)ncnc21. The van der Waals surface area contributed by atoms with Crippen LogP contribution in [0.25, 0.3) is 11.2 Å². The van der Waals surface area contributed by atoms with Crippen LogP contribution in [-0.4, -0.2) is 75.2 Å². The predicted octanol–water partition coefficient (Wildman–Crippen LogP) is -1.40. The number of nitrogens with two attached hydrogens (primary N) is 3.